The predicted molar refractivity (Wildman–Crippen MR) is 158 cm³/mol. The van der Waals surface area contributed by atoms with E-state index in [0.29, 0.717) is 23.2 Å². The molecule has 4 rings (SSSR count). The summed E-state index contributed by atoms with van der Waals surface area (Å²) in [7, 11) is -1.95. The molecule has 0 saturated carbocycles. The lowest BCUT2D eigenvalue weighted by molar-refractivity contribution is 0.0159. The third-order valence-electron chi connectivity index (χ3n) is 8.25. The van der Waals surface area contributed by atoms with Gasteiger partial charge in [-0.05, 0) is 92.3 Å². The van der Waals surface area contributed by atoms with Crippen LogP contribution in [0.25, 0.3) is 11.0 Å². The van der Waals surface area contributed by atoms with Crippen molar-refractivity contribution >= 4 is 25.4 Å². The Kier molecular flexibility index (Phi) is 7.72. The zero-order valence-corrected chi connectivity index (χ0v) is 25.8. The van der Waals surface area contributed by atoms with Crippen molar-refractivity contribution in [3.05, 3.63) is 53.9 Å². The van der Waals surface area contributed by atoms with Gasteiger partial charge in [0, 0.05) is 12.7 Å². The van der Waals surface area contributed by atoms with Crippen molar-refractivity contribution in [2.75, 3.05) is 6.54 Å². The van der Waals surface area contributed by atoms with Gasteiger partial charge < -0.3 is 18.6 Å². The molecule has 0 radical (unpaired) electrons. The molecule has 2 aromatic heterocycles. The number of aromatic nitrogens is 2. The molecule has 0 unspecified atom stereocenters. The molecule has 1 aliphatic heterocycles. The Morgan fingerprint density at radius 3 is 2.29 bits per heavy atom. The quantitative estimate of drug-likeness (QED) is 0.296. The molecule has 0 spiro atoms. The molecule has 0 fully saturated rings. The van der Waals surface area contributed by atoms with E-state index in [0.717, 1.165) is 34.5 Å². The molecule has 1 amide bonds. The van der Waals surface area contributed by atoms with Gasteiger partial charge in [0.25, 0.3) is 0 Å². The van der Waals surface area contributed by atoms with Crippen LogP contribution in [0.3, 0.4) is 0 Å². The van der Waals surface area contributed by atoms with E-state index >= 15 is 0 Å². The fourth-order valence-corrected chi connectivity index (χ4v) is 13.3. The number of hydrogen-bond acceptors (Lipinski definition) is 4. The Hall–Kier alpha value is -2.80. The molecule has 1 aromatic carbocycles. The Morgan fingerprint density at radius 2 is 1.68 bits per heavy atom. The molecule has 0 aliphatic carbocycles. The van der Waals surface area contributed by atoms with Crippen LogP contribution >= 0.6 is 0 Å². The topological polar surface area (TPSA) is 56.6 Å². The van der Waals surface area contributed by atoms with Gasteiger partial charge in [-0.3, -0.25) is 0 Å². The minimum Gasteiger partial charge on any atom is -0.457 e. The lowest BCUT2D eigenvalue weighted by atomic mass is 9.93. The molecule has 0 N–H and O–H groups in total. The summed E-state index contributed by atoms with van der Waals surface area (Å²) in [5, 5.41) is 1.03. The maximum Gasteiger partial charge on any atom is 0.410 e. The number of carbonyl (C=O) groups is 1. The second-order valence-corrected chi connectivity index (χ2v) is 18.4. The first-order valence-corrected chi connectivity index (χ1v) is 16.2. The number of amides is 1. The van der Waals surface area contributed by atoms with E-state index in [1.54, 1.807) is 0 Å². The zero-order valence-electron chi connectivity index (χ0n) is 24.8. The highest BCUT2D eigenvalue weighted by Crippen LogP contribution is 2.45. The Bertz CT molecular complexity index is 1280. The number of ether oxygens (including phenoxy) is 2. The average molecular weight is 536 g/mol. The molecule has 206 valence electrons. The Balaban J connectivity index is 1.68. The minimum absolute atomic E-state index is 0.0922. The summed E-state index contributed by atoms with van der Waals surface area (Å²) >= 11 is 0. The summed E-state index contributed by atoms with van der Waals surface area (Å²) < 4.78 is 14.7. The molecule has 0 bridgehead atoms. The van der Waals surface area contributed by atoms with Gasteiger partial charge in [-0.1, -0.05) is 47.6 Å². The number of nitrogens with zero attached hydrogens (tertiary/aromatic N) is 3. The normalized spacial score (nSPS) is 16.4. The second-order valence-electron chi connectivity index (χ2n) is 12.6. The summed E-state index contributed by atoms with van der Waals surface area (Å²) in [5.41, 5.74) is 4.55. The number of benzene rings is 1. The molecule has 6 nitrogen and oxygen atoms in total. The number of carbonyl (C=O) groups excluding carboxylic acids is 1. The van der Waals surface area contributed by atoms with Crippen molar-refractivity contribution in [1.29, 1.82) is 0 Å². The highest BCUT2D eigenvalue weighted by atomic mass is 28.3. The molecule has 0 saturated heterocycles. The number of pyridine rings is 1. The van der Waals surface area contributed by atoms with Crippen LogP contribution in [-0.2, 0) is 11.2 Å². The molecular formula is C31H45N3O3Si. The van der Waals surface area contributed by atoms with Gasteiger partial charge in [0.1, 0.15) is 22.7 Å². The number of fused-ring (bicyclic) bond motifs is 2. The van der Waals surface area contributed by atoms with Gasteiger partial charge in [-0.2, -0.15) is 0 Å². The average Bonchev–Trinajstić information content (AvgIpc) is 3.23. The van der Waals surface area contributed by atoms with Crippen LogP contribution in [0.15, 0.2) is 42.7 Å². The van der Waals surface area contributed by atoms with E-state index in [4.69, 9.17) is 14.5 Å². The highest BCUT2D eigenvalue weighted by molar-refractivity contribution is 6.82. The van der Waals surface area contributed by atoms with E-state index in [-0.39, 0.29) is 12.1 Å². The summed E-state index contributed by atoms with van der Waals surface area (Å²) in [6.07, 6.45) is 4.63. The van der Waals surface area contributed by atoms with Crippen molar-refractivity contribution in [3.63, 3.8) is 0 Å². The summed E-state index contributed by atoms with van der Waals surface area (Å²) in [5.74, 6) is 1.57. The largest absolute Gasteiger partial charge is 0.457 e. The maximum atomic E-state index is 12.8. The van der Waals surface area contributed by atoms with E-state index < -0.39 is 13.8 Å². The maximum absolute atomic E-state index is 12.8. The van der Waals surface area contributed by atoms with Crippen LogP contribution in [0.4, 0.5) is 4.79 Å². The van der Waals surface area contributed by atoms with Gasteiger partial charge in [-0.15, -0.1) is 0 Å². The minimum atomic E-state index is -1.95. The van der Waals surface area contributed by atoms with Crippen LogP contribution in [0.1, 0.15) is 86.4 Å². The predicted octanol–water partition coefficient (Wildman–Crippen LogP) is 8.71. The molecule has 1 atom stereocenters. The monoisotopic (exact) mass is 535 g/mol. The molecule has 38 heavy (non-hydrogen) atoms. The summed E-state index contributed by atoms with van der Waals surface area (Å²) in [4.78, 5) is 19.5. The van der Waals surface area contributed by atoms with Crippen molar-refractivity contribution in [2.24, 2.45) is 0 Å². The van der Waals surface area contributed by atoms with Gasteiger partial charge >= 0.3 is 6.09 Å². The van der Waals surface area contributed by atoms with Crippen LogP contribution in [0.2, 0.25) is 16.6 Å². The third-order valence-corrected chi connectivity index (χ3v) is 15.0. The number of rotatable bonds is 6. The first-order valence-electron chi connectivity index (χ1n) is 14.0. The van der Waals surface area contributed by atoms with Crippen LogP contribution in [0.5, 0.6) is 11.5 Å². The second kappa shape index (κ2) is 10.4. The standard InChI is InChI=1S/C31H45N3O3Si/c1-20(2)38(21(3)4,22(5)6)34-18-15-26-28(13-16-32-29(26)34)36-25-12-11-24-14-17-33(23(7)27(24)19-25)30(35)37-31(8,9)10/h11-13,15-16,18-23H,14,17H2,1-10H3/t23-/m0/s1. The van der Waals surface area contributed by atoms with Gasteiger partial charge in [0.05, 0.1) is 11.4 Å². The van der Waals surface area contributed by atoms with Crippen molar-refractivity contribution in [3.8, 4) is 11.5 Å². The molecule has 3 heterocycles. The molecule has 3 aromatic rings. The zero-order chi connectivity index (χ0) is 28.0. The first-order chi connectivity index (χ1) is 17.8. The van der Waals surface area contributed by atoms with E-state index in [9.17, 15) is 4.79 Å². The lowest BCUT2D eigenvalue weighted by Gasteiger charge is -2.44. The van der Waals surface area contributed by atoms with E-state index in [2.05, 4.69) is 77.1 Å². The fourth-order valence-electron chi connectivity index (χ4n) is 6.80. The Labute approximate surface area is 229 Å². The van der Waals surface area contributed by atoms with Gasteiger partial charge in [-0.25, -0.2) is 9.78 Å². The van der Waals surface area contributed by atoms with E-state index in [1.807, 2.05) is 44.0 Å². The van der Waals surface area contributed by atoms with Crippen LogP contribution < -0.4 is 4.74 Å². The highest BCUT2D eigenvalue weighted by Gasteiger charge is 2.46. The molecule has 1 aliphatic rings. The fraction of sp³-hybridized carbons (Fsp3) is 0.548. The van der Waals surface area contributed by atoms with E-state index in [1.165, 1.54) is 5.56 Å². The van der Waals surface area contributed by atoms with Gasteiger partial charge in [0.2, 0.25) is 0 Å². The van der Waals surface area contributed by atoms with Gasteiger partial charge in [0.15, 0.2) is 8.24 Å². The smallest absolute Gasteiger partial charge is 0.410 e. The SMILES string of the molecule is CC(C)[Si](C(C)C)(C(C)C)n1ccc2c(Oc3ccc4c(c3)[C@H](C)N(C(=O)OC(C)(C)C)CC4)ccnc21. The molecular weight excluding hydrogens is 490 g/mol. The van der Waals surface area contributed by atoms with Crippen molar-refractivity contribution in [2.45, 2.75) is 104 Å². The van der Waals surface area contributed by atoms with Crippen LogP contribution in [0, 0.1) is 0 Å². The van der Waals surface area contributed by atoms with Crippen molar-refractivity contribution < 1.29 is 14.3 Å². The Morgan fingerprint density at radius 1 is 1.03 bits per heavy atom. The third kappa shape index (κ3) is 4.97. The summed E-state index contributed by atoms with van der Waals surface area (Å²) in [6.45, 7) is 22.6. The van der Waals surface area contributed by atoms with Crippen LogP contribution in [-0.4, -0.2) is 40.6 Å². The van der Waals surface area contributed by atoms with Crippen molar-refractivity contribution in [1.82, 2.24) is 14.1 Å². The first kappa shape index (κ1) is 28.2. The lowest BCUT2D eigenvalue weighted by Crippen LogP contribution is -2.51. The number of hydrogen-bond donors (Lipinski definition) is 0. The molecule has 7 heteroatoms. The summed E-state index contributed by atoms with van der Waals surface area (Å²) in [6, 6.07) is 10.3.